The zero-order valence-corrected chi connectivity index (χ0v) is 16.2. The predicted molar refractivity (Wildman–Crippen MR) is 108 cm³/mol. The summed E-state index contributed by atoms with van der Waals surface area (Å²) in [5.41, 5.74) is 5.12. The second kappa shape index (κ2) is 8.49. The second-order valence-corrected chi connectivity index (χ2v) is 6.37. The van der Waals surface area contributed by atoms with Crippen LogP contribution >= 0.6 is 0 Å². The van der Waals surface area contributed by atoms with Gasteiger partial charge in [0.25, 0.3) is 0 Å². The maximum absolute atomic E-state index is 4.56. The molecule has 27 heavy (non-hydrogen) atoms. The largest absolute Gasteiger partial charge is 0.357 e. The third-order valence-corrected chi connectivity index (χ3v) is 4.30. The molecule has 3 aromatic rings. The fourth-order valence-corrected chi connectivity index (χ4v) is 2.75. The van der Waals surface area contributed by atoms with E-state index in [1.165, 1.54) is 5.56 Å². The van der Waals surface area contributed by atoms with Crippen LogP contribution in [0.25, 0.3) is 0 Å². The van der Waals surface area contributed by atoms with Crippen LogP contribution in [0.5, 0.6) is 0 Å². The lowest BCUT2D eigenvalue weighted by atomic mass is 10.0. The van der Waals surface area contributed by atoms with E-state index in [0.29, 0.717) is 12.4 Å². The first-order valence-corrected chi connectivity index (χ1v) is 9.07. The molecule has 6 heteroatoms. The van der Waals surface area contributed by atoms with Crippen LogP contribution in [0.15, 0.2) is 52.7 Å². The van der Waals surface area contributed by atoms with Crippen LogP contribution in [0.1, 0.15) is 35.3 Å². The molecule has 2 aromatic carbocycles. The number of aromatic nitrogens is 3. The zero-order chi connectivity index (χ0) is 19.2. The van der Waals surface area contributed by atoms with E-state index in [1.807, 2.05) is 51.2 Å². The Morgan fingerprint density at radius 1 is 0.889 bits per heavy atom. The van der Waals surface area contributed by atoms with E-state index in [-0.39, 0.29) is 0 Å². The maximum Gasteiger partial charge on any atom is 0.225 e. The molecule has 0 fully saturated rings. The number of anilines is 1. The third kappa shape index (κ3) is 4.73. The molecule has 0 bridgehead atoms. The van der Waals surface area contributed by atoms with Gasteiger partial charge in [-0.05, 0) is 48.7 Å². The smallest absolute Gasteiger partial charge is 0.225 e. The molecule has 3 rings (SSSR count). The van der Waals surface area contributed by atoms with Gasteiger partial charge in [0.15, 0.2) is 0 Å². The van der Waals surface area contributed by atoms with Crippen LogP contribution in [-0.4, -0.2) is 22.0 Å². The van der Waals surface area contributed by atoms with Crippen LogP contribution < -0.4 is 5.32 Å². The summed E-state index contributed by atoms with van der Waals surface area (Å²) in [6.07, 6.45) is 1.44. The van der Waals surface area contributed by atoms with Gasteiger partial charge in [0.2, 0.25) is 5.95 Å². The molecule has 0 unspecified atom stereocenters. The first kappa shape index (κ1) is 18.6. The van der Waals surface area contributed by atoms with Crippen molar-refractivity contribution in [1.82, 2.24) is 15.0 Å². The number of hydrogen-bond acceptors (Lipinski definition) is 6. The van der Waals surface area contributed by atoms with Crippen molar-refractivity contribution in [3.63, 3.8) is 0 Å². The van der Waals surface area contributed by atoms with Crippen molar-refractivity contribution >= 4 is 17.3 Å². The highest BCUT2D eigenvalue weighted by Crippen LogP contribution is 2.26. The molecule has 0 aliphatic rings. The number of rotatable bonds is 6. The minimum absolute atomic E-state index is 0.611. The van der Waals surface area contributed by atoms with Crippen molar-refractivity contribution in [3.8, 4) is 0 Å². The quantitative estimate of drug-likeness (QED) is 0.621. The lowest BCUT2D eigenvalue weighted by Gasteiger charge is -2.10. The van der Waals surface area contributed by atoms with E-state index in [4.69, 9.17) is 0 Å². The van der Waals surface area contributed by atoms with Gasteiger partial charge in [-0.25, -0.2) is 4.98 Å². The standard InChI is InChI=1S/C21H24N6/c1-5-19-23-20(25-21(22-4)24-19)13-16-11-15(3)18(12-14(16)2)27-26-17-9-7-6-8-10-17/h6-12H,5,13H2,1-4H3,(H,22,23,24,25). The summed E-state index contributed by atoms with van der Waals surface area (Å²) in [4.78, 5) is 13.4. The summed E-state index contributed by atoms with van der Waals surface area (Å²) in [5, 5.41) is 11.7. The molecule has 6 nitrogen and oxygen atoms in total. The topological polar surface area (TPSA) is 75.4 Å². The van der Waals surface area contributed by atoms with Gasteiger partial charge in [0, 0.05) is 19.9 Å². The predicted octanol–water partition coefficient (Wildman–Crippen LogP) is 5.10. The van der Waals surface area contributed by atoms with E-state index in [9.17, 15) is 0 Å². The molecule has 0 amide bonds. The first-order valence-electron chi connectivity index (χ1n) is 9.07. The van der Waals surface area contributed by atoms with Crippen molar-refractivity contribution < 1.29 is 0 Å². The Kier molecular flexibility index (Phi) is 5.86. The number of azo groups is 1. The highest BCUT2D eigenvalue weighted by molar-refractivity contribution is 5.51. The Morgan fingerprint density at radius 3 is 2.33 bits per heavy atom. The molecule has 0 saturated heterocycles. The number of nitrogens with one attached hydrogen (secondary N) is 1. The Balaban J connectivity index is 1.86. The Bertz CT molecular complexity index is 928. The van der Waals surface area contributed by atoms with Crippen molar-refractivity contribution in [2.24, 2.45) is 10.2 Å². The van der Waals surface area contributed by atoms with Crippen molar-refractivity contribution in [2.75, 3.05) is 12.4 Å². The fraction of sp³-hybridized carbons (Fsp3) is 0.286. The number of nitrogens with zero attached hydrogens (tertiary/aromatic N) is 5. The molecule has 138 valence electrons. The van der Waals surface area contributed by atoms with Crippen molar-refractivity contribution in [2.45, 2.75) is 33.6 Å². The average molecular weight is 360 g/mol. The molecule has 0 aliphatic heterocycles. The van der Waals surface area contributed by atoms with Gasteiger partial charge in [-0.15, -0.1) is 0 Å². The van der Waals surface area contributed by atoms with Crippen molar-refractivity contribution in [1.29, 1.82) is 0 Å². The zero-order valence-electron chi connectivity index (χ0n) is 16.2. The summed E-state index contributed by atoms with van der Waals surface area (Å²) in [5.74, 6) is 2.18. The Hall–Kier alpha value is -3.15. The summed E-state index contributed by atoms with van der Waals surface area (Å²) >= 11 is 0. The van der Waals surface area contributed by atoms with Gasteiger partial charge in [-0.1, -0.05) is 31.2 Å². The van der Waals surface area contributed by atoms with E-state index in [2.05, 4.69) is 49.6 Å². The Labute approximate surface area is 159 Å². The first-order chi connectivity index (χ1) is 13.1. The maximum atomic E-state index is 4.56. The van der Waals surface area contributed by atoms with E-state index in [0.717, 1.165) is 40.6 Å². The summed E-state index contributed by atoms with van der Waals surface area (Å²) in [6.45, 7) is 6.17. The highest BCUT2D eigenvalue weighted by atomic mass is 15.1. The van der Waals surface area contributed by atoms with Crippen LogP contribution in [0.3, 0.4) is 0 Å². The van der Waals surface area contributed by atoms with E-state index < -0.39 is 0 Å². The van der Waals surface area contributed by atoms with Crippen LogP contribution in [0.2, 0.25) is 0 Å². The fourth-order valence-electron chi connectivity index (χ4n) is 2.75. The van der Waals surface area contributed by atoms with Crippen LogP contribution in [0.4, 0.5) is 17.3 Å². The number of benzene rings is 2. The molecular weight excluding hydrogens is 336 g/mol. The number of hydrogen-bond donors (Lipinski definition) is 1. The molecule has 0 aliphatic carbocycles. The summed E-state index contributed by atoms with van der Waals surface area (Å²) < 4.78 is 0. The van der Waals surface area contributed by atoms with Crippen molar-refractivity contribution in [3.05, 3.63) is 70.8 Å². The molecule has 1 N–H and O–H groups in total. The minimum atomic E-state index is 0.611. The normalized spacial score (nSPS) is 11.1. The molecule has 0 atom stereocenters. The van der Waals surface area contributed by atoms with E-state index in [1.54, 1.807) is 0 Å². The summed E-state index contributed by atoms with van der Waals surface area (Å²) in [6, 6.07) is 14.0. The molecule has 0 spiro atoms. The lowest BCUT2D eigenvalue weighted by molar-refractivity contribution is 0.839. The van der Waals surface area contributed by atoms with Gasteiger partial charge in [0.05, 0.1) is 11.4 Å². The lowest BCUT2D eigenvalue weighted by Crippen LogP contribution is -2.08. The van der Waals surface area contributed by atoms with Crippen LogP contribution in [0, 0.1) is 13.8 Å². The molecule has 0 saturated carbocycles. The monoisotopic (exact) mass is 360 g/mol. The van der Waals surface area contributed by atoms with Gasteiger partial charge in [0.1, 0.15) is 11.6 Å². The summed E-state index contributed by atoms with van der Waals surface area (Å²) in [7, 11) is 1.82. The van der Waals surface area contributed by atoms with Crippen LogP contribution in [-0.2, 0) is 12.8 Å². The molecule has 1 heterocycles. The number of aryl methyl sites for hydroxylation is 3. The molecule has 1 aromatic heterocycles. The minimum Gasteiger partial charge on any atom is -0.357 e. The van der Waals surface area contributed by atoms with E-state index >= 15 is 0 Å². The third-order valence-electron chi connectivity index (χ3n) is 4.30. The molecular formula is C21H24N6. The average Bonchev–Trinajstić information content (AvgIpc) is 2.69. The highest BCUT2D eigenvalue weighted by Gasteiger charge is 2.10. The SMILES string of the molecule is CCc1nc(Cc2cc(C)c(N=Nc3ccccc3)cc2C)nc(NC)n1. The van der Waals surface area contributed by atoms with Gasteiger partial charge >= 0.3 is 0 Å². The van der Waals surface area contributed by atoms with Gasteiger partial charge in [-0.3, -0.25) is 0 Å². The molecule has 0 radical (unpaired) electrons. The van der Waals surface area contributed by atoms with Gasteiger partial charge in [-0.2, -0.15) is 20.2 Å². The van der Waals surface area contributed by atoms with Gasteiger partial charge < -0.3 is 5.32 Å². The Morgan fingerprint density at radius 2 is 1.63 bits per heavy atom. The second-order valence-electron chi connectivity index (χ2n) is 6.37.